The van der Waals surface area contributed by atoms with E-state index < -0.39 is 16.8 Å². The third kappa shape index (κ3) is 4.03. The molecule has 0 spiro atoms. The molecule has 1 atom stereocenters. The maximum absolute atomic E-state index is 13.2. The van der Waals surface area contributed by atoms with E-state index >= 15 is 0 Å². The van der Waals surface area contributed by atoms with Gasteiger partial charge in [-0.1, -0.05) is 24.9 Å². The molecular weight excluding hydrogens is 428 g/mol. The second-order valence-corrected chi connectivity index (χ2v) is 8.77. The van der Waals surface area contributed by atoms with Crippen LogP contribution < -0.4 is 10.5 Å². The van der Waals surface area contributed by atoms with Gasteiger partial charge in [0.2, 0.25) is 12.2 Å². The third-order valence-corrected chi connectivity index (χ3v) is 5.76. The molecule has 0 radical (unpaired) electrons. The van der Waals surface area contributed by atoms with Gasteiger partial charge in [-0.15, -0.1) is 0 Å². The van der Waals surface area contributed by atoms with Crippen LogP contribution in [0.2, 0.25) is 0 Å². The summed E-state index contributed by atoms with van der Waals surface area (Å²) < 4.78 is 12.4. The molecule has 2 heterocycles. The number of aromatic nitrogens is 3. The van der Waals surface area contributed by atoms with Gasteiger partial charge in [0.15, 0.2) is 5.78 Å². The van der Waals surface area contributed by atoms with E-state index in [2.05, 4.69) is 16.2 Å². The summed E-state index contributed by atoms with van der Waals surface area (Å²) in [5.74, 6) is -0.398. The summed E-state index contributed by atoms with van der Waals surface area (Å²) in [7, 11) is 1.51. The smallest absolute Gasteiger partial charge is 0.490 e. The van der Waals surface area contributed by atoms with Gasteiger partial charge >= 0.3 is 5.95 Å². The molecule has 170 valence electrons. The first-order valence-electron chi connectivity index (χ1n) is 10.2. The highest BCUT2D eigenvalue weighted by Gasteiger charge is 2.43. The van der Waals surface area contributed by atoms with Crippen molar-refractivity contribution >= 4 is 11.7 Å². The Kier molecular flexibility index (Phi) is 5.37. The van der Waals surface area contributed by atoms with E-state index in [1.165, 1.54) is 18.1 Å². The third-order valence-electron chi connectivity index (χ3n) is 5.76. The van der Waals surface area contributed by atoms with Crippen LogP contribution in [0.25, 0.3) is 0 Å². The number of nitriles is 1. The number of carbonyl (C=O) groups excluding carboxylic acids is 1. The maximum atomic E-state index is 13.2. The Labute approximate surface area is 189 Å². The molecule has 0 saturated heterocycles. The highest BCUT2D eigenvalue weighted by atomic mass is 16.6. The van der Waals surface area contributed by atoms with Crippen LogP contribution in [0.5, 0.6) is 5.75 Å². The van der Waals surface area contributed by atoms with Crippen LogP contribution in [0.15, 0.2) is 47.3 Å². The van der Waals surface area contributed by atoms with E-state index in [0.29, 0.717) is 41.1 Å². The summed E-state index contributed by atoms with van der Waals surface area (Å²) in [6, 6.07) is 7.32. The van der Waals surface area contributed by atoms with E-state index in [4.69, 9.17) is 15.2 Å². The van der Waals surface area contributed by atoms with Crippen molar-refractivity contribution in [1.29, 1.82) is 5.26 Å². The number of ether oxygens (including phenoxy) is 2. The number of nitrogens with two attached hydrogens (primary N) is 1. The number of hydrogen-bond acceptors (Lipinski definition) is 9. The number of carbonyl (C=O) groups is 1. The average molecular weight is 450 g/mol. The number of rotatable bonds is 5. The van der Waals surface area contributed by atoms with E-state index in [0.717, 1.165) is 0 Å². The molecule has 0 bridgehead atoms. The first-order chi connectivity index (χ1) is 15.6. The Morgan fingerprint density at radius 2 is 2.18 bits per heavy atom. The van der Waals surface area contributed by atoms with Gasteiger partial charge in [0, 0.05) is 23.5 Å². The molecule has 1 aromatic heterocycles. The van der Waals surface area contributed by atoms with Crippen molar-refractivity contribution < 1.29 is 19.2 Å². The minimum atomic E-state index is -0.734. The Bertz CT molecular complexity index is 1270. The number of allylic oxidation sites excluding steroid dienone is 3. The first-order valence-corrected chi connectivity index (χ1v) is 10.2. The predicted octanol–water partition coefficient (Wildman–Crippen LogP) is 2.69. The number of nitro groups is 1. The van der Waals surface area contributed by atoms with Crippen molar-refractivity contribution in [3.8, 4) is 11.8 Å². The SMILES string of the molecule is COc1ccc(C2C(C#N)=C(N)OC3=C2C(=O)CC(C)(C)C3)c(Cn2cnc([N+](=O)[O-])n2)c1. The van der Waals surface area contributed by atoms with E-state index in [-0.39, 0.29) is 29.2 Å². The second-order valence-electron chi connectivity index (χ2n) is 8.77. The fraction of sp³-hybridized carbons (Fsp3) is 0.364. The molecule has 2 aromatic rings. The number of benzene rings is 1. The highest BCUT2D eigenvalue weighted by molar-refractivity contribution is 6.00. The molecule has 1 aliphatic carbocycles. The van der Waals surface area contributed by atoms with Crippen molar-refractivity contribution in [2.24, 2.45) is 11.1 Å². The molecule has 11 heteroatoms. The summed E-state index contributed by atoms with van der Waals surface area (Å²) in [5.41, 5.74) is 7.65. The molecule has 1 unspecified atom stereocenters. The van der Waals surface area contributed by atoms with Gasteiger partial charge in [0.1, 0.15) is 23.2 Å². The number of methoxy groups -OCH3 is 1. The monoisotopic (exact) mass is 450 g/mol. The van der Waals surface area contributed by atoms with Gasteiger partial charge < -0.3 is 25.3 Å². The number of nitrogens with zero attached hydrogens (tertiary/aromatic N) is 5. The van der Waals surface area contributed by atoms with Crippen LogP contribution in [0.4, 0.5) is 5.95 Å². The predicted molar refractivity (Wildman–Crippen MR) is 114 cm³/mol. The molecule has 4 rings (SSSR count). The Hall–Kier alpha value is -4.20. The number of Topliss-reactive ketones (excluding diaryl/α,β-unsaturated/α-hetero) is 1. The minimum absolute atomic E-state index is 0.0371. The summed E-state index contributed by atoms with van der Waals surface area (Å²) >= 11 is 0. The van der Waals surface area contributed by atoms with Crippen molar-refractivity contribution in [1.82, 2.24) is 14.8 Å². The Morgan fingerprint density at radius 3 is 2.82 bits per heavy atom. The zero-order valence-electron chi connectivity index (χ0n) is 18.4. The molecule has 1 aliphatic heterocycles. The van der Waals surface area contributed by atoms with Crippen LogP contribution in [0, 0.1) is 26.9 Å². The molecule has 0 saturated carbocycles. The normalized spacial score (nSPS) is 19.6. The number of ketones is 1. The summed E-state index contributed by atoms with van der Waals surface area (Å²) in [5, 5.41) is 24.7. The molecular formula is C22H22N6O5. The second kappa shape index (κ2) is 8.05. The van der Waals surface area contributed by atoms with E-state index in [1.807, 2.05) is 13.8 Å². The number of hydrogen-bond donors (Lipinski definition) is 1. The topological polar surface area (TPSA) is 159 Å². The van der Waals surface area contributed by atoms with Gasteiger partial charge in [0.05, 0.1) is 19.6 Å². The lowest BCUT2D eigenvalue weighted by Gasteiger charge is -2.37. The van der Waals surface area contributed by atoms with Crippen molar-refractivity contribution in [3.05, 3.63) is 68.6 Å². The quantitative estimate of drug-likeness (QED) is 0.533. The van der Waals surface area contributed by atoms with Crippen LogP contribution in [-0.4, -0.2) is 32.6 Å². The van der Waals surface area contributed by atoms with Gasteiger partial charge in [-0.2, -0.15) is 9.94 Å². The van der Waals surface area contributed by atoms with Gasteiger partial charge in [-0.25, -0.2) is 0 Å². The van der Waals surface area contributed by atoms with Gasteiger partial charge in [-0.05, 0) is 33.6 Å². The molecule has 33 heavy (non-hydrogen) atoms. The first kappa shape index (κ1) is 22.0. The van der Waals surface area contributed by atoms with Crippen molar-refractivity contribution in [3.63, 3.8) is 0 Å². The molecule has 2 N–H and O–H groups in total. The van der Waals surface area contributed by atoms with Crippen LogP contribution in [-0.2, 0) is 16.1 Å². The summed E-state index contributed by atoms with van der Waals surface area (Å²) in [6.07, 6.45) is 2.07. The van der Waals surface area contributed by atoms with Gasteiger partial charge in [0.25, 0.3) is 0 Å². The Balaban J connectivity index is 1.87. The lowest BCUT2D eigenvalue weighted by Crippen LogP contribution is -2.33. The largest absolute Gasteiger partial charge is 0.497 e. The zero-order chi connectivity index (χ0) is 23.9. The minimum Gasteiger partial charge on any atom is -0.497 e. The van der Waals surface area contributed by atoms with E-state index in [9.17, 15) is 20.2 Å². The molecule has 1 aromatic carbocycles. The summed E-state index contributed by atoms with van der Waals surface area (Å²) in [4.78, 5) is 27.2. The lowest BCUT2D eigenvalue weighted by atomic mass is 9.69. The highest BCUT2D eigenvalue weighted by Crippen LogP contribution is 2.48. The fourth-order valence-corrected chi connectivity index (χ4v) is 4.34. The molecule has 11 nitrogen and oxygen atoms in total. The van der Waals surface area contributed by atoms with Crippen LogP contribution in [0.1, 0.15) is 43.7 Å². The van der Waals surface area contributed by atoms with Crippen molar-refractivity contribution in [2.45, 2.75) is 39.2 Å². The average Bonchev–Trinajstić information content (AvgIpc) is 3.20. The lowest BCUT2D eigenvalue weighted by molar-refractivity contribution is -0.394. The van der Waals surface area contributed by atoms with E-state index in [1.54, 1.807) is 18.2 Å². The standard InChI is InChI=1S/C22H22N6O5/c1-22(2)7-16(29)19-17(8-22)33-20(24)15(9-23)18(19)14-5-4-13(32-3)6-12(14)10-27-11-25-21(26-27)28(30)31/h4-6,11,18H,7-8,10,24H2,1-3H3. The summed E-state index contributed by atoms with van der Waals surface area (Å²) in [6.45, 7) is 4.05. The van der Waals surface area contributed by atoms with Gasteiger partial charge in [-0.3, -0.25) is 4.79 Å². The van der Waals surface area contributed by atoms with Crippen molar-refractivity contribution in [2.75, 3.05) is 7.11 Å². The van der Waals surface area contributed by atoms with Crippen LogP contribution >= 0.6 is 0 Å². The molecule has 0 fully saturated rings. The fourth-order valence-electron chi connectivity index (χ4n) is 4.34. The molecule has 0 amide bonds. The Morgan fingerprint density at radius 1 is 1.42 bits per heavy atom. The maximum Gasteiger partial charge on any atom is 0.490 e. The van der Waals surface area contributed by atoms with Crippen LogP contribution in [0.3, 0.4) is 0 Å². The molecule has 2 aliphatic rings. The zero-order valence-corrected chi connectivity index (χ0v) is 18.4.